The van der Waals surface area contributed by atoms with Crippen LogP contribution in [-0.2, 0) is 6.54 Å². The predicted molar refractivity (Wildman–Crippen MR) is 70.5 cm³/mol. The highest BCUT2D eigenvalue weighted by atomic mass is 35.5. The Morgan fingerprint density at radius 3 is 2.82 bits per heavy atom. The normalized spacial score (nSPS) is 20.5. The second-order valence-electron chi connectivity index (χ2n) is 4.75. The van der Waals surface area contributed by atoms with Crippen LogP contribution in [0, 0.1) is 19.8 Å². The van der Waals surface area contributed by atoms with Crippen molar-refractivity contribution in [2.45, 2.75) is 26.8 Å². The van der Waals surface area contributed by atoms with Gasteiger partial charge in [-0.15, -0.1) is 12.4 Å². The number of aryl methyl sites for hydroxylation is 2. The second kappa shape index (κ2) is 6.38. The zero-order valence-corrected chi connectivity index (χ0v) is 11.6. The third-order valence-corrected chi connectivity index (χ3v) is 3.43. The van der Waals surface area contributed by atoms with Crippen LogP contribution in [0.5, 0.6) is 0 Å². The number of hydrogen-bond acceptors (Lipinski definition) is 4. The van der Waals surface area contributed by atoms with Crippen LogP contribution in [0.1, 0.15) is 23.4 Å². The Balaban J connectivity index is 0.00000144. The molecule has 0 saturated carbocycles. The minimum Gasteiger partial charge on any atom is -0.361 e. The van der Waals surface area contributed by atoms with Crippen molar-refractivity contribution >= 4 is 12.4 Å². The molecular weight excluding hydrogens is 238 g/mol. The Labute approximate surface area is 109 Å². The van der Waals surface area contributed by atoms with Crippen LogP contribution < -0.4 is 5.32 Å². The van der Waals surface area contributed by atoms with Crippen LogP contribution in [0.15, 0.2) is 4.52 Å². The number of aromatic nitrogens is 1. The van der Waals surface area contributed by atoms with E-state index in [0.29, 0.717) is 0 Å². The first-order valence-electron chi connectivity index (χ1n) is 5.99. The summed E-state index contributed by atoms with van der Waals surface area (Å²) in [5.41, 5.74) is 2.31. The fourth-order valence-electron chi connectivity index (χ4n) is 2.46. The van der Waals surface area contributed by atoms with Crippen molar-refractivity contribution in [1.29, 1.82) is 0 Å². The van der Waals surface area contributed by atoms with Gasteiger partial charge in [0.1, 0.15) is 5.76 Å². The van der Waals surface area contributed by atoms with E-state index in [1.54, 1.807) is 0 Å². The zero-order valence-electron chi connectivity index (χ0n) is 10.8. The zero-order chi connectivity index (χ0) is 11.5. The first kappa shape index (κ1) is 14.5. The highest BCUT2D eigenvalue weighted by Crippen LogP contribution is 2.21. The van der Waals surface area contributed by atoms with Gasteiger partial charge in [-0.2, -0.15) is 0 Å². The van der Waals surface area contributed by atoms with Gasteiger partial charge >= 0.3 is 0 Å². The van der Waals surface area contributed by atoms with Crippen molar-refractivity contribution in [2.75, 3.05) is 26.7 Å². The van der Waals surface area contributed by atoms with E-state index in [2.05, 4.69) is 15.4 Å². The second-order valence-corrected chi connectivity index (χ2v) is 4.75. The molecule has 2 heterocycles. The lowest BCUT2D eigenvalue weighted by molar-refractivity contribution is 0.311. The van der Waals surface area contributed by atoms with Gasteiger partial charge in [0.2, 0.25) is 0 Å². The molecule has 0 spiro atoms. The Morgan fingerprint density at radius 2 is 2.24 bits per heavy atom. The molecule has 4 nitrogen and oxygen atoms in total. The lowest BCUT2D eigenvalue weighted by atomic mass is 10.1. The monoisotopic (exact) mass is 259 g/mol. The lowest BCUT2D eigenvalue weighted by Gasteiger charge is -2.15. The summed E-state index contributed by atoms with van der Waals surface area (Å²) in [6, 6.07) is 0. The fourth-order valence-corrected chi connectivity index (χ4v) is 2.46. The van der Waals surface area contributed by atoms with E-state index in [1.165, 1.54) is 25.1 Å². The molecule has 1 aromatic heterocycles. The Kier molecular flexibility index (Phi) is 5.43. The van der Waals surface area contributed by atoms with Crippen LogP contribution in [0.25, 0.3) is 0 Å². The number of rotatable bonds is 4. The number of nitrogens with zero attached hydrogens (tertiary/aromatic N) is 2. The maximum absolute atomic E-state index is 5.19. The quantitative estimate of drug-likeness (QED) is 0.895. The lowest BCUT2D eigenvalue weighted by Crippen LogP contribution is -2.24. The van der Waals surface area contributed by atoms with Gasteiger partial charge in [0.25, 0.3) is 0 Å². The Hall–Kier alpha value is -0.580. The van der Waals surface area contributed by atoms with Crippen molar-refractivity contribution in [3.8, 4) is 0 Å². The van der Waals surface area contributed by atoms with Crippen molar-refractivity contribution in [2.24, 2.45) is 5.92 Å². The van der Waals surface area contributed by atoms with Gasteiger partial charge in [-0.3, -0.25) is 4.90 Å². The first-order chi connectivity index (χ1) is 7.70. The van der Waals surface area contributed by atoms with Crippen molar-refractivity contribution in [1.82, 2.24) is 15.4 Å². The number of halogens is 1. The van der Waals surface area contributed by atoms with Gasteiger partial charge in [-0.1, -0.05) is 5.16 Å². The van der Waals surface area contributed by atoms with E-state index in [9.17, 15) is 0 Å². The third-order valence-electron chi connectivity index (χ3n) is 3.43. The summed E-state index contributed by atoms with van der Waals surface area (Å²) in [6.45, 7) is 8.50. The molecule has 1 N–H and O–H groups in total. The van der Waals surface area contributed by atoms with Gasteiger partial charge in [0.05, 0.1) is 5.69 Å². The fraction of sp³-hybridized carbons (Fsp3) is 0.750. The van der Waals surface area contributed by atoms with Crippen LogP contribution in [0.2, 0.25) is 0 Å². The summed E-state index contributed by atoms with van der Waals surface area (Å²) in [5.74, 6) is 1.76. The number of likely N-dealkylation sites (tertiary alicyclic amines) is 1. The molecule has 0 radical (unpaired) electrons. The molecule has 1 atom stereocenters. The molecule has 1 saturated heterocycles. The van der Waals surface area contributed by atoms with E-state index in [-0.39, 0.29) is 12.4 Å². The van der Waals surface area contributed by atoms with E-state index < -0.39 is 0 Å². The molecule has 0 amide bonds. The number of hydrogen-bond donors (Lipinski definition) is 1. The maximum Gasteiger partial charge on any atom is 0.138 e. The molecule has 0 aromatic carbocycles. The van der Waals surface area contributed by atoms with E-state index >= 15 is 0 Å². The molecule has 5 heteroatoms. The molecule has 1 aliphatic heterocycles. The molecule has 2 rings (SSSR count). The first-order valence-corrected chi connectivity index (χ1v) is 5.99. The molecule has 1 aromatic rings. The van der Waals surface area contributed by atoms with Crippen LogP contribution in [0.4, 0.5) is 0 Å². The third kappa shape index (κ3) is 3.44. The number of nitrogens with one attached hydrogen (secondary N) is 1. The van der Waals surface area contributed by atoms with E-state index in [4.69, 9.17) is 4.52 Å². The van der Waals surface area contributed by atoms with Crippen LogP contribution in [0.3, 0.4) is 0 Å². The molecular formula is C12H22ClN3O. The van der Waals surface area contributed by atoms with Gasteiger partial charge in [-0.05, 0) is 46.3 Å². The molecule has 1 unspecified atom stereocenters. The summed E-state index contributed by atoms with van der Waals surface area (Å²) in [6.07, 6.45) is 1.30. The Bertz CT molecular complexity index is 334. The van der Waals surface area contributed by atoms with Gasteiger partial charge in [0.15, 0.2) is 0 Å². The van der Waals surface area contributed by atoms with Gasteiger partial charge < -0.3 is 9.84 Å². The average Bonchev–Trinajstić information content (AvgIpc) is 2.81. The highest BCUT2D eigenvalue weighted by molar-refractivity contribution is 5.85. The Morgan fingerprint density at radius 1 is 1.47 bits per heavy atom. The molecule has 0 bridgehead atoms. The topological polar surface area (TPSA) is 41.3 Å². The summed E-state index contributed by atoms with van der Waals surface area (Å²) in [7, 11) is 2.02. The highest BCUT2D eigenvalue weighted by Gasteiger charge is 2.23. The summed E-state index contributed by atoms with van der Waals surface area (Å²) < 4.78 is 5.19. The molecule has 0 aliphatic carbocycles. The largest absolute Gasteiger partial charge is 0.361 e. The summed E-state index contributed by atoms with van der Waals surface area (Å²) in [4.78, 5) is 2.49. The summed E-state index contributed by atoms with van der Waals surface area (Å²) in [5, 5.41) is 7.25. The van der Waals surface area contributed by atoms with Crippen molar-refractivity contribution in [3.05, 3.63) is 17.0 Å². The van der Waals surface area contributed by atoms with Crippen molar-refractivity contribution in [3.63, 3.8) is 0 Å². The minimum atomic E-state index is 0. The van der Waals surface area contributed by atoms with Gasteiger partial charge in [0, 0.05) is 18.7 Å². The van der Waals surface area contributed by atoms with E-state index in [0.717, 1.165) is 30.5 Å². The summed E-state index contributed by atoms with van der Waals surface area (Å²) >= 11 is 0. The van der Waals surface area contributed by atoms with E-state index in [1.807, 2.05) is 20.9 Å². The predicted octanol–water partition coefficient (Wildman–Crippen LogP) is 1.75. The molecule has 17 heavy (non-hydrogen) atoms. The van der Waals surface area contributed by atoms with Gasteiger partial charge in [-0.25, -0.2) is 0 Å². The van der Waals surface area contributed by atoms with Crippen LogP contribution >= 0.6 is 12.4 Å². The minimum absolute atomic E-state index is 0. The molecule has 1 fully saturated rings. The standard InChI is InChI=1S/C12H21N3O.ClH/c1-9-12(10(2)16-14-9)8-15-5-4-11(7-15)6-13-3;/h11,13H,4-8H2,1-3H3;1H. The van der Waals surface area contributed by atoms with Crippen molar-refractivity contribution < 1.29 is 4.52 Å². The SMILES string of the molecule is CNCC1CCN(Cc2c(C)noc2C)C1.Cl. The van der Waals surface area contributed by atoms with Crippen LogP contribution in [-0.4, -0.2) is 36.7 Å². The smallest absolute Gasteiger partial charge is 0.138 e. The average molecular weight is 260 g/mol. The maximum atomic E-state index is 5.19. The molecule has 1 aliphatic rings. The molecule has 98 valence electrons.